The molecule has 0 bridgehead atoms. The van der Waals surface area contributed by atoms with Gasteiger partial charge in [-0.15, -0.1) is 0 Å². The van der Waals surface area contributed by atoms with E-state index in [1.165, 1.54) is 32.1 Å². The van der Waals surface area contributed by atoms with Gasteiger partial charge in [0.05, 0.1) is 12.1 Å². The molecule has 76 valence electrons. The van der Waals surface area contributed by atoms with Crippen molar-refractivity contribution in [3.63, 3.8) is 0 Å². The zero-order chi connectivity index (χ0) is 9.38. The lowest BCUT2D eigenvalue weighted by molar-refractivity contribution is 0.379. The Morgan fingerprint density at radius 1 is 1.29 bits per heavy atom. The van der Waals surface area contributed by atoms with Crippen LogP contribution in [-0.2, 0) is 0 Å². The van der Waals surface area contributed by atoms with Crippen molar-refractivity contribution in [1.29, 1.82) is 0 Å². The lowest BCUT2D eigenvalue weighted by atomic mass is 10.0. The Hall–Kier alpha value is -0.900. The zero-order valence-corrected chi connectivity index (χ0v) is 8.32. The number of hydrogen-bond donors (Lipinski definition) is 1. The molecule has 0 aromatic carbocycles. The van der Waals surface area contributed by atoms with Gasteiger partial charge in [-0.1, -0.05) is 6.42 Å². The number of nitrogens with one attached hydrogen (secondary N) is 1. The van der Waals surface area contributed by atoms with Gasteiger partial charge in [-0.2, -0.15) is 5.10 Å². The molecule has 4 nitrogen and oxygen atoms in total. The zero-order valence-electron chi connectivity index (χ0n) is 8.32. The molecule has 0 amide bonds. The molecular weight excluding hydrogens is 176 g/mol. The van der Waals surface area contributed by atoms with Gasteiger partial charge < -0.3 is 5.32 Å². The summed E-state index contributed by atoms with van der Waals surface area (Å²) in [5.41, 5.74) is 0. The van der Waals surface area contributed by atoms with E-state index in [9.17, 15) is 0 Å². The summed E-state index contributed by atoms with van der Waals surface area (Å²) in [6.45, 7) is 1.13. The molecule has 14 heavy (non-hydrogen) atoms. The molecule has 1 aromatic rings. The Balaban J connectivity index is 1.82. The smallest absolute Gasteiger partial charge is 0.144 e. The predicted octanol–water partition coefficient (Wildman–Crippen LogP) is 1.43. The quantitative estimate of drug-likeness (QED) is 0.770. The summed E-state index contributed by atoms with van der Waals surface area (Å²) in [4.78, 5) is 4.39. The minimum absolute atomic E-state index is 0.451. The van der Waals surface area contributed by atoms with E-state index in [1.54, 1.807) is 6.33 Å². The van der Waals surface area contributed by atoms with E-state index in [1.807, 2.05) is 0 Å². The SMILES string of the molecule is c1nc([C@@H]2CCCCN2)n(C2CC2)n1. The second kappa shape index (κ2) is 3.35. The molecule has 1 saturated carbocycles. The number of rotatable bonds is 2. The highest BCUT2D eigenvalue weighted by atomic mass is 15.4. The Labute approximate surface area is 83.7 Å². The Morgan fingerprint density at radius 2 is 2.21 bits per heavy atom. The fraction of sp³-hybridized carbons (Fsp3) is 0.800. The highest BCUT2D eigenvalue weighted by Crippen LogP contribution is 2.36. The van der Waals surface area contributed by atoms with Gasteiger partial charge in [-0.25, -0.2) is 9.67 Å². The number of aromatic nitrogens is 3. The van der Waals surface area contributed by atoms with Crippen LogP contribution in [0.2, 0.25) is 0 Å². The van der Waals surface area contributed by atoms with Gasteiger partial charge in [-0.05, 0) is 32.2 Å². The molecule has 1 N–H and O–H groups in total. The first kappa shape index (κ1) is 8.41. The predicted molar refractivity (Wildman–Crippen MR) is 52.9 cm³/mol. The average Bonchev–Trinajstić information content (AvgIpc) is 2.98. The third-order valence-electron chi connectivity index (χ3n) is 3.12. The van der Waals surface area contributed by atoms with Crippen molar-refractivity contribution >= 4 is 0 Å². The molecule has 0 radical (unpaired) electrons. The van der Waals surface area contributed by atoms with Crippen LogP contribution in [0.15, 0.2) is 6.33 Å². The first-order valence-electron chi connectivity index (χ1n) is 5.58. The van der Waals surface area contributed by atoms with Crippen molar-refractivity contribution in [3.05, 3.63) is 12.2 Å². The van der Waals surface area contributed by atoms with Crippen molar-refractivity contribution in [1.82, 2.24) is 20.1 Å². The van der Waals surface area contributed by atoms with Gasteiger partial charge in [0.1, 0.15) is 12.2 Å². The molecule has 0 spiro atoms. The van der Waals surface area contributed by atoms with Gasteiger partial charge in [0, 0.05) is 0 Å². The van der Waals surface area contributed by atoms with Crippen molar-refractivity contribution in [2.45, 2.75) is 44.2 Å². The fourth-order valence-corrected chi connectivity index (χ4v) is 2.18. The Morgan fingerprint density at radius 3 is 2.93 bits per heavy atom. The van der Waals surface area contributed by atoms with Crippen LogP contribution in [0.1, 0.15) is 50.0 Å². The third-order valence-corrected chi connectivity index (χ3v) is 3.12. The summed E-state index contributed by atoms with van der Waals surface area (Å²) in [5, 5.41) is 7.84. The lowest BCUT2D eigenvalue weighted by Crippen LogP contribution is -2.29. The highest BCUT2D eigenvalue weighted by Gasteiger charge is 2.30. The summed E-state index contributed by atoms with van der Waals surface area (Å²) in [5.74, 6) is 1.16. The molecule has 1 aliphatic carbocycles. The van der Waals surface area contributed by atoms with Crippen molar-refractivity contribution in [3.8, 4) is 0 Å². The minimum Gasteiger partial charge on any atom is -0.307 e. The Kier molecular flexibility index (Phi) is 2.01. The maximum atomic E-state index is 4.39. The molecule has 2 fully saturated rings. The average molecular weight is 192 g/mol. The van der Waals surface area contributed by atoms with Crippen LogP contribution in [0.3, 0.4) is 0 Å². The van der Waals surface area contributed by atoms with E-state index in [2.05, 4.69) is 20.1 Å². The minimum atomic E-state index is 0.451. The summed E-state index contributed by atoms with van der Waals surface area (Å²) in [7, 11) is 0. The molecule has 0 unspecified atom stereocenters. The van der Waals surface area contributed by atoms with Gasteiger partial charge in [-0.3, -0.25) is 0 Å². The molecular formula is C10H16N4. The molecule has 3 rings (SSSR count). The highest BCUT2D eigenvalue weighted by molar-refractivity contribution is 5.00. The lowest BCUT2D eigenvalue weighted by Gasteiger charge is -2.22. The van der Waals surface area contributed by atoms with Crippen molar-refractivity contribution in [2.24, 2.45) is 0 Å². The van der Waals surface area contributed by atoms with Crippen LogP contribution in [0.25, 0.3) is 0 Å². The summed E-state index contributed by atoms with van der Waals surface area (Å²) in [6, 6.07) is 1.10. The Bertz CT molecular complexity index is 310. The van der Waals surface area contributed by atoms with E-state index in [0.717, 1.165) is 12.4 Å². The normalized spacial score (nSPS) is 27.9. The van der Waals surface area contributed by atoms with Crippen LogP contribution in [-0.4, -0.2) is 21.3 Å². The van der Waals surface area contributed by atoms with E-state index in [0.29, 0.717) is 12.1 Å². The van der Waals surface area contributed by atoms with Crippen LogP contribution in [0, 0.1) is 0 Å². The van der Waals surface area contributed by atoms with E-state index >= 15 is 0 Å². The first-order chi connectivity index (χ1) is 6.95. The molecule has 1 saturated heterocycles. The van der Waals surface area contributed by atoms with Gasteiger partial charge >= 0.3 is 0 Å². The fourth-order valence-electron chi connectivity index (χ4n) is 2.18. The molecule has 1 aliphatic heterocycles. The summed E-state index contributed by atoms with van der Waals surface area (Å²) in [6.07, 6.45) is 8.09. The summed E-state index contributed by atoms with van der Waals surface area (Å²) >= 11 is 0. The van der Waals surface area contributed by atoms with Crippen molar-refractivity contribution in [2.75, 3.05) is 6.54 Å². The maximum absolute atomic E-state index is 4.39. The molecule has 2 heterocycles. The topological polar surface area (TPSA) is 42.7 Å². The molecule has 1 aromatic heterocycles. The van der Waals surface area contributed by atoms with Gasteiger partial charge in [0.2, 0.25) is 0 Å². The standard InChI is InChI=1S/C10H16N4/c1-2-6-11-9(3-1)10-12-7-13-14(10)8-4-5-8/h7-9,11H,1-6H2/t9-/m0/s1. The monoisotopic (exact) mass is 192 g/mol. The van der Waals surface area contributed by atoms with Crippen LogP contribution in [0.4, 0.5) is 0 Å². The van der Waals surface area contributed by atoms with Crippen LogP contribution < -0.4 is 5.32 Å². The van der Waals surface area contributed by atoms with Gasteiger partial charge in [0.15, 0.2) is 0 Å². The molecule has 2 aliphatic rings. The second-order valence-corrected chi connectivity index (χ2v) is 4.30. The number of nitrogens with zero attached hydrogens (tertiary/aromatic N) is 3. The first-order valence-corrected chi connectivity index (χ1v) is 5.58. The van der Waals surface area contributed by atoms with Gasteiger partial charge in [0.25, 0.3) is 0 Å². The molecule has 4 heteroatoms. The third kappa shape index (κ3) is 1.43. The second-order valence-electron chi connectivity index (χ2n) is 4.30. The van der Waals surface area contributed by atoms with E-state index in [4.69, 9.17) is 0 Å². The summed E-state index contributed by atoms with van der Waals surface area (Å²) < 4.78 is 2.13. The number of hydrogen-bond acceptors (Lipinski definition) is 3. The van der Waals surface area contributed by atoms with Crippen LogP contribution in [0.5, 0.6) is 0 Å². The van der Waals surface area contributed by atoms with E-state index < -0.39 is 0 Å². The maximum Gasteiger partial charge on any atom is 0.144 e. The van der Waals surface area contributed by atoms with Crippen LogP contribution >= 0.6 is 0 Å². The number of piperidine rings is 1. The molecule has 1 atom stereocenters. The van der Waals surface area contributed by atoms with E-state index in [-0.39, 0.29) is 0 Å². The largest absolute Gasteiger partial charge is 0.307 e. The van der Waals surface area contributed by atoms with Crippen molar-refractivity contribution < 1.29 is 0 Å².